The van der Waals surface area contributed by atoms with Gasteiger partial charge >= 0.3 is 5.97 Å². The Morgan fingerprint density at radius 1 is 0.972 bits per heavy atom. The third kappa shape index (κ3) is 4.12. The number of carbonyl (C=O) groups is 1. The average molecular weight is 503 g/mol. The highest BCUT2D eigenvalue weighted by molar-refractivity contribution is 7.89. The second-order valence-electron chi connectivity index (χ2n) is 9.25. The fourth-order valence-corrected chi connectivity index (χ4v) is 7.00. The molecule has 1 aliphatic heterocycles. The van der Waals surface area contributed by atoms with E-state index in [-0.39, 0.29) is 30.4 Å². The van der Waals surface area contributed by atoms with Gasteiger partial charge in [-0.15, -0.1) is 0 Å². The lowest BCUT2D eigenvalue weighted by Gasteiger charge is -2.39. The Labute approximate surface area is 212 Å². The first-order valence-corrected chi connectivity index (χ1v) is 13.6. The molecule has 0 saturated carbocycles. The minimum atomic E-state index is -3.91. The molecule has 2 heterocycles. The molecule has 0 radical (unpaired) electrons. The fourth-order valence-electron chi connectivity index (χ4n) is 5.39. The molecule has 0 unspecified atom stereocenters. The van der Waals surface area contributed by atoms with Gasteiger partial charge in [-0.05, 0) is 43.2 Å². The van der Waals surface area contributed by atoms with Crippen molar-refractivity contribution in [2.45, 2.75) is 37.1 Å². The van der Waals surface area contributed by atoms with Crippen LogP contribution in [-0.2, 0) is 26.6 Å². The van der Waals surface area contributed by atoms with Crippen LogP contribution in [0.15, 0.2) is 83.8 Å². The van der Waals surface area contributed by atoms with Crippen LogP contribution in [0.2, 0.25) is 0 Å². The highest BCUT2D eigenvalue weighted by Crippen LogP contribution is 2.47. The zero-order valence-electron chi connectivity index (χ0n) is 20.7. The predicted octanol–water partition coefficient (Wildman–Crippen LogP) is 5.32. The van der Waals surface area contributed by atoms with Crippen molar-refractivity contribution in [3.05, 3.63) is 101 Å². The Hall–Kier alpha value is -3.42. The molecule has 0 bridgehead atoms. The molecule has 0 saturated heterocycles. The van der Waals surface area contributed by atoms with Crippen LogP contribution < -0.4 is 0 Å². The van der Waals surface area contributed by atoms with Crippen molar-refractivity contribution in [3.8, 4) is 0 Å². The van der Waals surface area contributed by atoms with Gasteiger partial charge in [-0.25, -0.2) is 8.42 Å². The number of benzene rings is 3. The van der Waals surface area contributed by atoms with Crippen LogP contribution in [0.1, 0.15) is 47.7 Å². The van der Waals surface area contributed by atoms with E-state index in [1.807, 2.05) is 67.1 Å². The molecule has 0 amide bonds. The summed E-state index contributed by atoms with van der Waals surface area (Å²) < 4.78 is 37.1. The van der Waals surface area contributed by atoms with Crippen molar-refractivity contribution in [2.24, 2.45) is 7.05 Å². The number of esters is 1. The van der Waals surface area contributed by atoms with Crippen molar-refractivity contribution in [1.82, 2.24) is 8.87 Å². The van der Waals surface area contributed by atoms with Crippen LogP contribution >= 0.6 is 0 Å². The largest absolute Gasteiger partial charge is 0.466 e. The minimum absolute atomic E-state index is 0.0579. The molecule has 1 aromatic heterocycles. The fraction of sp³-hybridized carbons (Fsp3) is 0.276. The maximum Gasteiger partial charge on any atom is 0.307 e. The van der Waals surface area contributed by atoms with Crippen molar-refractivity contribution in [1.29, 1.82) is 0 Å². The minimum Gasteiger partial charge on any atom is -0.466 e. The van der Waals surface area contributed by atoms with Crippen LogP contribution in [0.5, 0.6) is 0 Å². The van der Waals surface area contributed by atoms with Gasteiger partial charge in [0.2, 0.25) is 10.0 Å². The standard InChI is InChI=1S/C29H30N2O4S/c1-4-35-27(32)18-26-29-28(23-12-8-9-13-25(23)30(29)3)24(21-10-6-5-7-11-21)19-31(26)36(33,34)22-16-14-20(2)15-17-22/h5-17,24,26H,4,18-19H2,1-3H3/t24-,26+/m1/s1. The SMILES string of the molecule is CCOC(=O)C[C@H]1c2c(c3ccccc3n2C)[C@@H](c2ccccc2)CN1S(=O)(=O)c1ccc(C)cc1. The van der Waals surface area contributed by atoms with Crippen molar-refractivity contribution in [3.63, 3.8) is 0 Å². The van der Waals surface area contributed by atoms with Gasteiger partial charge in [0.25, 0.3) is 0 Å². The van der Waals surface area contributed by atoms with Crippen LogP contribution in [0.3, 0.4) is 0 Å². The maximum atomic E-state index is 14.1. The van der Waals surface area contributed by atoms with Crippen LogP contribution in [0.25, 0.3) is 10.9 Å². The van der Waals surface area contributed by atoms with Gasteiger partial charge in [0.05, 0.1) is 24.0 Å². The first-order valence-electron chi connectivity index (χ1n) is 12.2. The predicted molar refractivity (Wildman–Crippen MR) is 140 cm³/mol. The molecule has 1 aliphatic rings. The van der Waals surface area contributed by atoms with Gasteiger partial charge in [-0.3, -0.25) is 4.79 Å². The monoisotopic (exact) mass is 502 g/mol. The second kappa shape index (κ2) is 9.56. The van der Waals surface area contributed by atoms with Crippen LogP contribution in [0.4, 0.5) is 0 Å². The van der Waals surface area contributed by atoms with E-state index in [1.165, 1.54) is 4.31 Å². The second-order valence-corrected chi connectivity index (χ2v) is 11.1. The third-order valence-electron chi connectivity index (χ3n) is 7.06. The average Bonchev–Trinajstić information content (AvgIpc) is 3.18. The Bertz CT molecular complexity index is 1510. The summed E-state index contributed by atoms with van der Waals surface area (Å²) in [6.07, 6.45) is -0.0579. The number of aromatic nitrogens is 1. The topological polar surface area (TPSA) is 68.6 Å². The molecule has 4 aromatic rings. The Morgan fingerprint density at radius 2 is 1.64 bits per heavy atom. The van der Waals surface area contributed by atoms with Gasteiger partial charge < -0.3 is 9.30 Å². The summed E-state index contributed by atoms with van der Waals surface area (Å²) in [7, 11) is -1.97. The van der Waals surface area contributed by atoms with E-state index in [1.54, 1.807) is 31.2 Å². The normalized spacial score (nSPS) is 18.2. The quantitative estimate of drug-likeness (QED) is 0.335. The molecule has 36 heavy (non-hydrogen) atoms. The smallest absolute Gasteiger partial charge is 0.307 e. The number of rotatable bonds is 6. The van der Waals surface area contributed by atoms with E-state index in [0.29, 0.717) is 0 Å². The first-order chi connectivity index (χ1) is 17.3. The third-order valence-corrected chi connectivity index (χ3v) is 8.95. The number of nitrogens with zero attached hydrogens (tertiary/aromatic N) is 2. The van der Waals surface area contributed by atoms with Crippen LogP contribution in [-0.4, -0.2) is 36.4 Å². The highest BCUT2D eigenvalue weighted by atomic mass is 32.2. The number of fused-ring (bicyclic) bond motifs is 3. The zero-order chi connectivity index (χ0) is 25.4. The summed E-state index contributed by atoms with van der Waals surface area (Å²) in [5.41, 5.74) is 4.93. The zero-order valence-corrected chi connectivity index (χ0v) is 21.5. The van der Waals surface area contributed by atoms with E-state index in [4.69, 9.17) is 4.74 Å². The number of carbonyl (C=O) groups excluding carboxylic acids is 1. The molecule has 186 valence electrons. The van der Waals surface area contributed by atoms with E-state index >= 15 is 0 Å². The highest BCUT2D eigenvalue weighted by Gasteiger charge is 2.44. The molecule has 0 N–H and O–H groups in total. The van der Waals surface area contributed by atoms with Gasteiger partial charge in [0.1, 0.15) is 0 Å². The molecule has 3 aromatic carbocycles. The maximum absolute atomic E-state index is 14.1. The molecule has 5 rings (SSSR count). The van der Waals surface area contributed by atoms with Gasteiger partial charge in [0.15, 0.2) is 0 Å². The number of para-hydroxylation sites is 1. The van der Waals surface area contributed by atoms with Crippen molar-refractivity contribution >= 4 is 26.9 Å². The molecule has 6 nitrogen and oxygen atoms in total. The van der Waals surface area contributed by atoms with E-state index in [2.05, 4.69) is 6.07 Å². The lowest BCUT2D eigenvalue weighted by atomic mass is 9.84. The lowest BCUT2D eigenvalue weighted by Crippen LogP contribution is -2.43. The molecule has 7 heteroatoms. The summed E-state index contributed by atoms with van der Waals surface area (Å²) in [4.78, 5) is 13.0. The summed E-state index contributed by atoms with van der Waals surface area (Å²) in [5.74, 6) is -0.605. The lowest BCUT2D eigenvalue weighted by molar-refractivity contribution is -0.144. The Kier molecular flexibility index (Phi) is 6.45. The van der Waals surface area contributed by atoms with E-state index < -0.39 is 22.0 Å². The van der Waals surface area contributed by atoms with Gasteiger partial charge in [-0.2, -0.15) is 4.31 Å². The Balaban J connectivity index is 1.76. The summed E-state index contributed by atoms with van der Waals surface area (Å²) >= 11 is 0. The summed E-state index contributed by atoms with van der Waals surface area (Å²) in [6.45, 7) is 4.15. The number of hydrogen-bond acceptors (Lipinski definition) is 4. The molecule has 0 aliphatic carbocycles. The van der Waals surface area contributed by atoms with Crippen molar-refractivity contribution in [2.75, 3.05) is 13.2 Å². The molecule has 0 spiro atoms. The van der Waals surface area contributed by atoms with E-state index in [0.717, 1.165) is 33.3 Å². The molecule has 2 atom stereocenters. The van der Waals surface area contributed by atoms with Gasteiger partial charge in [-0.1, -0.05) is 66.2 Å². The van der Waals surface area contributed by atoms with Crippen LogP contribution in [0, 0.1) is 6.92 Å². The first kappa shape index (κ1) is 24.3. The molecular formula is C29H30N2O4S. The molecular weight excluding hydrogens is 472 g/mol. The number of sulfonamides is 1. The van der Waals surface area contributed by atoms with E-state index in [9.17, 15) is 13.2 Å². The number of aryl methyl sites for hydroxylation is 2. The number of ether oxygens (including phenoxy) is 1. The summed E-state index contributed by atoms with van der Waals surface area (Å²) in [5, 5.41) is 1.07. The van der Waals surface area contributed by atoms with Gasteiger partial charge in [0, 0.05) is 36.1 Å². The Morgan fingerprint density at radius 3 is 2.33 bits per heavy atom. The summed E-state index contributed by atoms with van der Waals surface area (Å²) in [6, 6.07) is 24.3. The number of hydrogen-bond donors (Lipinski definition) is 0. The van der Waals surface area contributed by atoms with Crippen molar-refractivity contribution < 1.29 is 17.9 Å². The molecule has 0 fully saturated rings.